The van der Waals surface area contributed by atoms with Gasteiger partial charge in [0.05, 0.1) is 23.5 Å². The van der Waals surface area contributed by atoms with Gasteiger partial charge in [-0.1, -0.05) is 6.92 Å². The van der Waals surface area contributed by atoms with Gasteiger partial charge in [-0.25, -0.2) is 4.79 Å². The Kier molecular flexibility index (Phi) is 5.63. The number of nitrogen functional groups attached to an aromatic ring is 1. The average molecular weight is 266 g/mol. The highest BCUT2D eigenvalue weighted by Gasteiger charge is 2.16. The molecule has 5 heteroatoms. The number of carbonyl (C=O) groups is 1. The Bertz CT molecular complexity index is 435. The molecule has 0 aliphatic rings. The quantitative estimate of drug-likeness (QED) is 0.740. The van der Waals surface area contributed by atoms with Crippen molar-refractivity contribution < 1.29 is 14.6 Å². The summed E-state index contributed by atoms with van der Waals surface area (Å²) in [5.41, 5.74) is 7.52. The van der Waals surface area contributed by atoms with Gasteiger partial charge in [-0.3, -0.25) is 0 Å². The van der Waals surface area contributed by atoms with E-state index < -0.39 is 5.97 Å². The second-order valence-corrected chi connectivity index (χ2v) is 4.52. The number of rotatable bonds is 7. The molecule has 0 spiro atoms. The Morgan fingerprint density at radius 3 is 2.68 bits per heavy atom. The van der Waals surface area contributed by atoms with Crippen molar-refractivity contribution in [3.63, 3.8) is 0 Å². The SMILES string of the molecule is CCC(C)N(CCOC)c1ccc(C(=O)O)cc1N. The third-order valence-corrected chi connectivity index (χ3v) is 3.24. The fourth-order valence-corrected chi connectivity index (χ4v) is 1.94. The van der Waals surface area contributed by atoms with Crippen LogP contribution in [-0.2, 0) is 4.74 Å². The molecule has 0 aromatic heterocycles. The number of nitrogens with zero attached hydrogens (tertiary/aromatic N) is 1. The van der Waals surface area contributed by atoms with Crippen LogP contribution in [0.4, 0.5) is 11.4 Å². The van der Waals surface area contributed by atoms with Crippen LogP contribution in [0.2, 0.25) is 0 Å². The van der Waals surface area contributed by atoms with E-state index in [0.29, 0.717) is 18.3 Å². The molecule has 0 fully saturated rings. The number of anilines is 2. The first-order valence-corrected chi connectivity index (χ1v) is 6.39. The number of hydrogen-bond acceptors (Lipinski definition) is 4. The minimum atomic E-state index is -0.967. The van der Waals surface area contributed by atoms with Gasteiger partial charge in [0.15, 0.2) is 0 Å². The Hall–Kier alpha value is -1.75. The first kappa shape index (κ1) is 15.3. The van der Waals surface area contributed by atoms with Crippen LogP contribution in [0.25, 0.3) is 0 Å². The van der Waals surface area contributed by atoms with Crippen LogP contribution in [0.15, 0.2) is 18.2 Å². The molecule has 0 saturated carbocycles. The molecule has 0 amide bonds. The van der Waals surface area contributed by atoms with Crippen LogP contribution in [0.3, 0.4) is 0 Å². The Balaban J connectivity index is 3.04. The van der Waals surface area contributed by atoms with Crippen molar-refractivity contribution in [1.29, 1.82) is 0 Å². The molecular formula is C14H22N2O3. The summed E-state index contributed by atoms with van der Waals surface area (Å²) in [6, 6.07) is 5.16. The van der Waals surface area contributed by atoms with Crippen molar-refractivity contribution in [3.05, 3.63) is 23.8 Å². The van der Waals surface area contributed by atoms with Crippen LogP contribution in [-0.4, -0.2) is 37.4 Å². The molecule has 0 aliphatic heterocycles. The molecule has 1 atom stereocenters. The molecule has 0 radical (unpaired) electrons. The second-order valence-electron chi connectivity index (χ2n) is 4.52. The molecule has 0 heterocycles. The molecule has 3 N–H and O–H groups in total. The van der Waals surface area contributed by atoms with E-state index >= 15 is 0 Å². The van der Waals surface area contributed by atoms with Crippen molar-refractivity contribution in [3.8, 4) is 0 Å². The lowest BCUT2D eigenvalue weighted by molar-refractivity contribution is 0.0697. The molecule has 19 heavy (non-hydrogen) atoms. The third-order valence-electron chi connectivity index (χ3n) is 3.24. The standard InChI is InChI=1S/C14H22N2O3/c1-4-10(2)16(7-8-19-3)13-6-5-11(14(17)18)9-12(13)15/h5-6,9-10H,4,7-8,15H2,1-3H3,(H,17,18). The summed E-state index contributed by atoms with van der Waals surface area (Å²) in [4.78, 5) is 13.1. The van der Waals surface area contributed by atoms with E-state index in [1.54, 1.807) is 19.2 Å². The summed E-state index contributed by atoms with van der Waals surface area (Å²) in [6.07, 6.45) is 0.976. The number of methoxy groups -OCH3 is 1. The highest BCUT2D eigenvalue weighted by Crippen LogP contribution is 2.27. The summed E-state index contributed by atoms with van der Waals surface area (Å²) in [6.45, 7) is 5.54. The lowest BCUT2D eigenvalue weighted by Gasteiger charge is -2.31. The van der Waals surface area contributed by atoms with Gasteiger partial charge in [0, 0.05) is 19.7 Å². The van der Waals surface area contributed by atoms with Crippen molar-refractivity contribution in [2.45, 2.75) is 26.3 Å². The fraction of sp³-hybridized carbons (Fsp3) is 0.500. The van der Waals surface area contributed by atoms with Gasteiger partial charge >= 0.3 is 5.97 Å². The van der Waals surface area contributed by atoms with E-state index in [9.17, 15) is 4.79 Å². The maximum atomic E-state index is 10.9. The number of nitrogens with two attached hydrogens (primary N) is 1. The summed E-state index contributed by atoms with van der Waals surface area (Å²) in [5.74, 6) is -0.967. The summed E-state index contributed by atoms with van der Waals surface area (Å²) >= 11 is 0. The lowest BCUT2D eigenvalue weighted by Crippen LogP contribution is -2.36. The van der Waals surface area contributed by atoms with E-state index in [-0.39, 0.29) is 5.56 Å². The fourth-order valence-electron chi connectivity index (χ4n) is 1.94. The smallest absolute Gasteiger partial charge is 0.335 e. The highest BCUT2D eigenvalue weighted by atomic mass is 16.5. The average Bonchev–Trinajstić information content (AvgIpc) is 2.39. The second kappa shape index (κ2) is 6.99. The van der Waals surface area contributed by atoms with Crippen LogP contribution in [0.5, 0.6) is 0 Å². The summed E-state index contributed by atoms with van der Waals surface area (Å²) in [7, 11) is 1.66. The normalized spacial score (nSPS) is 12.2. The van der Waals surface area contributed by atoms with Crippen molar-refractivity contribution in [2.24, 2.45) is 0 Å². The number of carboxylic acids is 1. The Morgan fingerprint density at radius 2 is 2.21 bits per heavy atom. The number of benzene rings is 1. The van der Waals surface area contributed by atoms with Crippen LogP contribution in [0.1, 0.15) is 30.6 Å². The van der Waals surface area contributed by atoms with Gasteiger partial charge in [0.25, 0.3) is 0 Å². The molecule has 1 aromatic rings. The topological polar surface area (TPSA) is 75.8 Å². The summed E-state index contributed by atoms with van der Waals surface area (Å²) in [5, 5.41) is 8.95. The molecule has 1 unspecified atom stereocenters. The van der Waals surface area contributed by atoms with Gasteiger partial charge in [0.1, 0.15) is 0 Å². The zero-order valence-corrected chi connectivity index (χ0v) is 11.7. The number of ether oxygens (including phenoxy) is 1. The van der Waals surface area contributed by atoms with Crippen molar-refractivity contribution in [1.82, 2.24) is 0 Å². The minimum Gasteiger partial charge on any atom is -0.478 e. The third kappa shape index (κ3) is 3.86. The monoisotopic (exact) mass is 266 g/mol. The molecule has 5 nitrogen and oxygen atoms in total. The lowest BCUT2D eigenvalue weighted by atomic mass is 10.1. The maximum Gasteiger partial charge on any atom is 0.335 e. The number of hydrogen-bond donors (Lipinski definition) is 2. The Labute approximate surface area is 114 Å². The van der Waals surface area contributed by atoms with Crippen LogP contribution < -0.4 is 10.6 Å². The molecule has 106 valence electrons. The van der Waals surface area contributed by atoms with Gasteiger partial charge in [-0.2, -0.15) is 0 Å². The van der Waals surface area contributed by atoms with Gasteiger partial charge < -0.3 is 20.5 Å². The number of aromatic carboxylic acids is 1. The molecular weight excluding hydrogens is 244 g/mol. The molecule has 0 saturated heterocycles. The first-order valence-electron chi connectivity index (χ1n) is 6.39. The van der Waals surface area contributed by atoms with E-state index in [1.807, 2.05) is 0 Å². The van der Waals surface area contributed by atoms with Crippen LogP contribution >= 0.6 is 0 Å². The molecule has 0 aliphatic carbocycles. The minimum absolute atomic E-state index is 0.206. The highest BCUT2D eigenvalue weighted by molar-refractivity contribution is 5.90. The van der Waals surface area contributed by atoms with Gasteiger partial charge in [-0.05, 0) is 31.5 Å². The number of carboxylic acid groups (broad SMARTS) is 1. The van der Waals surface area contributed by atoms with E-state index in [0.717, 1.165) is 18.7 Å². The zero-order valence-electron chi connectivity index (χ0n) is 11.7. The van der Waals surface area contributed by atoms with Gasteiger partial charge in [0.2, 0.25) is 0 Å². The van der Waals surface area contributed by atoms with E-state index in [2.05, 4.69) is 18.7 Å². The first-order chi connectivity index (χ1) is 9.01. The predicted molar refractivity (Wildman–Crippen MR) is 76.8 cm³/mol. The molecule has 1 aromatic carbocycles. The van der Waals surface area contributed by atoms with Crippen LogP contribution in [0, 0.1) is 0 Å². The maximum absolute atomic E-state index is 10.9. The predicted octanol–water partition coefficient (Wildman–Crippen LogP) is 2.22. The van der Waals surface area contributed by atoms with E-state index in [1.165, 1.54) is 6.07 Å². The van der Waals surface area contributed by atoms with E-state index in [4.69, 9.17) is 15.6 Å². The van der Waals surface area contributed by atoms with Crippen molar-refractivity contribution >= 4 is 17.3 Å². The largest absolute Gasteiger partial charge is 0.478 e. The molecule has 0 bridgehead atoms. The Morgan fingerprint density at radius 1 is 1.53 bits per heavy atom. The van der Waals surface area contributed by atoms with Gasteiger partial charge in [-0.15, -0.1) is 0 Å². The van der Waals surface area contributed by atoms with Crippen molar-refractivity contribution in [2.75, 3.05) is 30.9 Å². The summed E-state index contributed by atoms with van der Waals surface area (Å²) < 4.78 is 5.11. The molecule has 1 rings (SSSR count). The zero-order chi connectivity index (χ0) is 14.4.